The minimum absolute atomic E-state index is 0.117. The summed E-state index contributed by atoms with van der Waals surface area (Å²) in [6.45, 7) is 1.50. The van der Waals surface area contributed by atoms with Gasteiger partial charge < -0.3 is 10.6 Å². The van der Waals surface area contributed by atoms with Crippen LogP contribution in [-0.2, 0) is 11.2 Å². The molecule has 3 nitrogen and oxygen atoms in total. The fraction of sp³-hybridized carbons (Fsp3) is 0.500. The molecule has 4 heteroatoms. The maximum Gasteiger partial charge on any atom is 0.227 e. The Morgan fingerprint density at radius 3 is 2.56 bits per heavy atom. The molecular formula is C14H19BrN2O. The zero-order valence-electron chi connectivity index (χ0n) is 10.6. The third-order valence-corrected chi connectivity index (χ3v) is 3.99. The summed E-state index contributed by atoms with van der Waals surface area (Å²) in [5.41, 5.74) is 1.13. The van der Waals surface area contributed by atoms with E-state index in [9.17, 15) is 4.79 Å². The predicted octanol–water partition coefficient (Wildman–Crippen LogP) is 2.11. The molecule has 0 radical (unpaired) electrons. The van der Waals surface area contributed by atoms with Crippen molar-refractivity contribution in [3.63, 3.8) is 0 Å². The first-order valence-corrected chi connectivity index (χ1v) is 7.13. The van der Waals surface area contributed by atoms with E-state index in [0.29, 0.717) is 6.54 Å². The minimum Gasteiger partial charge on any atom is -0.355 e. The zero-order valence-corrected chi connectivity index (χ0v) is 12.2. The van der Waals surface area contributed by atoms with Gasteiger partial charge in [0.25, 0.3) is 0 Å². The number of halogens is 1. The normalized spacial score (nSPS) is 16.3. The molecule has 1 amide bonds. The standard InChI is InChI=1S/C14H19BrN2O/c1-16-10-14(7-8-14)13(18)17-9-6-11-2-4-12(15)5-3-11/h2-5,16H,6-10H2,1H3,(H,17,18). The highest BCUT2D eigenvalue weighted by atomic mass is 79.9. The van der Waals surface area contributed by atoms with Crippen LogP contribution in [0.15, 0.2) is 28.7 Å². The number of benzene rings is 1. The van der Waals surface area contributed by atoms with E-state index in [-0.39, 0.29) is 11.3 Å². The van der Waals surface area contributed by atoms with Gasteiger partial charge in [-0.2, -0.15) is 0 Å². The van der Waals surface area contributed by atoms with Gasteiger partial charge in [-0.3, -0.25) is 4.79 Å². The van der Waals surface area contributed by atoms with Crippen molar-refractivity contribution in [1.29, 1.82) is 0 Å². The van der Waals surface area contributed by atoms with E-state index in [4.69, 9.17) is 0 Å². The second-order valence-corrected chi connectivity index (χ2v) is 5.86. The van der Waals surface area contributed by atoms with E-state index in [1.54, 1.807) is 0 Å². The van der Waals surface area contributed by atoms with Gasteiger partial charge in [0.05, 0.1) is 5.41 Å². The lowest BCUT2D eigenvalue weighted by Crippen LogP contribution is -2.38. The number of hydrogen-bond acceptors (Lipinski definition) is 2. The number of hydrogen-bond donors (Lipinski definition) is 2. The fourth-order valence-corrected chi connectivity index (χ4v) is 2.40. The average molecular weight is 311 g/mol. The molecule has 0 saturated heterocycles. The van der Waals surface area contributed by atoms with E-state index in [1.165, 1.54) is 5.56 Å². The molecule has 1 saturated carbocycles. The molecule has 2 N–H and O–H groups in total. The first kappa shape index (κ1) is 13.6. The van der Waals surface area contributed by atoms with Gasteiger partial charge in [-0.1, -0.05) is 28.1 Å². The Morgan fingerprint density at radius 1 is 1.33 bits per heavy atom. The second kappa shape index (κ2) is 5.85. The van der Waals surface area contributed by atoms with Crippen LogP contribution < -0.4 is 10.6 Å². The molecule has 0 spiro atoms. The number of carbonyl (C=O) groups excluding carboxylic acids is 1. The molecule has 1 aliphatic carbocycles. The molecular weight excluding hydrogens is 292 g/mol. The van der Waals surface area contributed by atoms with E-state index < -0.39 is 0 Å². The first-order valence-electron chi connectivity index (χ1n) is 6.34. The third kappa shape index (κ3) is 3.33. The van der Waals surface area contributed by atoms with Crippen LogP contribution in [0.1, 0.15) is 18.4 Å². The Morgan fingerprint density at radius 2 is 2.00 bits per heavy atom. The van der Waals surface area contributed by atoms with Crippen LogP contribution in [0.4, 0.5) is 0 Å². The van der Waals surface area contributed by atoms with Crippen LogP contribution in [-0.4, -0.2) is 26.0 Å². The van der Waals surface area contributed by atoms with E-state index >= 15 is 0 Å². The maximum atomic E-state index is 12.0. The van der Waals surface area contributed by atoms with E-state index in [0.717, 1.165) is 30.3 Å². The predicted molar refractivity (Wildman–Crippen MR) is 76.4 cm³/mol. The second-order valence-electron chi connectivity index (χ2n) is 4.94. The van der Waals surface area contributed by atoms with Crippen molar-refractivity contribution in [3.8, 4) is 0 Å². The Kier molecular flexibility index (Phi) is 4.40. The van der Waals surface area contributed by atoms with Gasteiger partial charge in [0, 0.05) is 17.6 Å². The molecule has 2 rings (SSSR count). The molecule has 18 heavy (non-hydrogen) atoms. The number of amides is 1. The third-order valence-electron chi connectivity index (χ3n) is 3.46. The Balaban J connectivity index is 1.75. The van der Waals surface area contributed by atoms with E-state index in [1.807, 2.05) is 19.2 Å². The number of carbonyl (C=O) groups is 1. The molecule has 1 aromatic rings. The molecule has 1 aliphatic rings. The van der Waals surface area contributed by atoms with Gasteiger partial charge in [0.1, 0.15) is 0 Å². The molecule has 0 atom stereocenters. The van der Waals surface area contributed by atoms with Gasteiger partial charge in [-0.15, -0.1) is 0 Å². The smallest absolute Gasteiger partial charge is 0.227 e. The van der Waals surface area contributed by atoms with Crippen molar-refractivity contribution >= 4 is 21.8 Å². The summed E-state index contributed by atoms with van der Waals surface area (Å²) in [6, 6.07) is 8.22. The average Bonchev–Trinajstić information content (AvgIpc) is 3.13. The summed E-state index contributed by atoms with van der Waals surface area (Å²) in [7, 11) is 1.90. The van der Waals surface area contributed by atoms with Crippen LogP contribution in [0, 0.1) is 5.41 Å². The van der Waals surface area contributed by atoms with Crippen molar-refractivity contribution in [3.05, 3.63) is 34.3 Å². The largest absolute Gasteiger partial charge is 0.355 e. The topological polar surface area (TPSA) is 41.1 Å². The molecule has 1 aromatic carbocycles. The summed E-state index contributed by atoms with van der Waals surface area (Å²) in [5.74, 6) is 0.203. The molecule has 1 fully saturated rings. The van der Waals surface area contributed by atoms with Crippen molar-refractivity contribution in [1.82, 2.24) is 10.6 Å². The van der Waals surface area contributed by atoms with Gasteiger partial charge >= 0.3 is 0 Å². The lowest BCUT2D eigenvalue weighted by Gasteiger charge is -2.14. The fourth-order valence-electron chi connectivity index (χ4n) is 2.13. The van der Waals surface area contributed by atoms with Crippen molar-refractivity contribution in [2.45, 2.75) is 19.3 Å². The molecule has 0 unspecified atom stereocenters. The summed E-state index contributed by atoms with van der Waals surface area (Å²) < 4.78 is 1.08. The number of rotatable bonds is 6. The molecule has 0 heterocycles. The quantitative estimate of drug-likeness (QED) is 0.845. The van der Waals surface area contributed by atoms with Crippen LogP contribution in [0.3, 0.4) is 0 Å². The monoisotopic (exact) mass is 310 g/mol. The molecule has 0 aromatic heterocycles. The summed E-state index contributed by atoms with van der Waals surface area (Å²) in [6.07, 6.45) is 2.91. The van der Waals surface area contributed by atoms with Gasteiger partial charge in [0.15, 0.2) is 0 Å². The lowest BCUT2D eigenvalue weighted by atomic mass is 10.1. The highest BCUT2D eigenvalue weighted by molar-refractivity contribution is 9.10. The van der Waals surface area contributed by atoms with Crippen LogP contribution in [0.2, 0.25) is 0 Å². The van der Waals surface area contributed by atoms with Gasteiger partial charge in [-0.25, -0.2) is 0 Å². The van der Waals surface area contributed by atoms with Crippen molar-refractivity contribution < 1.29 is 4.79 Å². The molecule has 0 aliphatic heterocycles. The Bertz CT molecular complexity index is 412. The van der Waals surface area contributed by atoms with Gasteiger partial charge in [-0.05, 0) is 44.0 Å². The summed E-state index contributed by atoms with van der Waals surface area (Å²) >= 11 is 3.41. The summed E-state index contributed by atoms with van der Waals surface area (Å²) in [5, 5.41) is 6.14. The zero-order chi connectivity index (χ0) is 13.0. The highest BCUT2D eigenvalue weighted by Crippen LogP contribution is 2.45. The van der Waals surface area contributed by atoms with E-state index in [2.05, 4.69) is 38.7 Å². The van der Waals surface area contributed by atoms with Crippen LogP contribution >= 0.6 is 15.9 Å². The SMILES string of the molecule is CNCC1(C(=O)NCCc2ccc(Br)cc2)CC1. The van der Waals surface area contributed by atoms with Crippen molar-refractivity contribution in [2.75, 3.05) is 20.1 Å². The molecule has 0 bridgehead atoms. The lowest BCUT2D eigenvalue weighted by molar-refractivity contribution is -0.126. The first-order chi connectivity index (χ1) is 8.66. The Hall–Kier alpha value is -0.870. The molecule has 98 valence electrons. The van der Waals surface area contributed by atoms with Crippen LogP contribution in [0.25, 0.3) is 0 Å². The van der Waals surface area contributed by atoms with Gasteiger partial charge in [0.2, 0.25) is 5.91 Å². The Labute approximate surface area is 116 Å². The number of nitrogens with one attached hydrogen (secondary N) is 2. The van der Waals surface area contributed by atoms with Crippen molar-refractivity contribution in [2.24, 2.45) is 5.41 Å². The van der Waals surface area contributed by atoms with Crippen LogP contribution in [0.5, 0.6) is 0 Å². The highest BCUT2D eigenvalue weighted by Gasteiger charge is 2.48. The maximum absolute atomic E-state index is 12.0. The minimum atomic E-state index is -0.117. The summed E-state index contributed by atoms with van der Waals surface area (Å²) in [4.78, 5) is 12.0.